The van der Waals surface area contributed by atoms with Gasteiger partial charge in [-0.05, 0) is 6.92 Å². The predicted molar refractivity (Wildman–Crippen MR) is 74.1 cm³/mol. The number of thiazole rings is 1. The monoisotopic (exact) mass is 335 g/mol. The van der Waals surface area contributed by atoms with Gasteiger partial charge >= 0.3 is 0 Å². The van der Waals surface area contributed by atoms with Gasteiger partial charge in [0.1, 0.15) is 6.54 Å². The number of aryl methyl sites for hydroxylation is 1. The first-order chi connectivity index (χ1) is 9.28. The Morgan fingerprint density at radius 3 is 2.85 bits per heavy atom. The van der Waals surface area contributed by atoms with Gasteiger partial charge in [0.25, 0.3) is 10.0 Å². The van der Waals surface area contributed by atoms with Gasteiger partial charge in [0, 0.05) is 6.20 Å². The molecule has 20 heavy (non-hydrogen) atoms. The highest BCUT2D eigenvalue weighted by Gasteiger charge is 2.22. The molecule has 0 radical (unpaired) electrons. The summed E-state index contributed by atoms with van der Waals surface area (Å²) >= 11 is 6.54. The molecule has 1 amide bonds. The first-order valence-corrected chi connectivity index (χ1v) is 7.92. The van der Waals surface area contributed by atoms with E-state index in [4.69, 9.17) is 17.3 Å². The van der Waals surface area contributed by atoms with Crippen molar-refractivity contribution >= 4 is 44.6 Å². The number of hydrogen-bond acceptors (Lipinski definition) is 6. The molecule has 2 rings (SSSR count). The van der Waals surface area contributed by atoms with Crippen LogP contribution in [0.5, 0.6) is 0 Å². The number of nitrogens with one attached hydrogen (secondary N) is 1. The summed E-state index contributed by atoms with van der Waals surface area (Å²) in [6.45, 7) is 1.42. The second kappa shape index (κ2) is 5.38. The molecular weight excluding hydrogens is 326 g/mol. The van der Waals surface area contributed by atoms with E-state index in [1.165, 1.54) is 17.1 Å². The zero-order valence-electron chi connectivity index (χ0n) is 10.2. The summed E-state index contributed by atoms with van der Waals surface area (Å²) in [4.78, 5) is 14.6. The maximum Gasteiger partial charge on any atom is 0.273 e. The van der Waals surface area contributed by atoms with Crippen LogP contribution >= 0.6 is 22.9 Å². The predicted octanol–water partition coefficient (Wildman–Crippen LogP) is 0.588. The van der Waals surface area contributed by atoms with Crippen LogP contribution < -0.4 is 10.5 Å². The van der Waals surface area contributed by atoms with Crippen molar-refractivity contribution in [3.63, 3.8) is 0 Å². The zero-order chi connectivity index (χ0) is 14.9. The van der Waals surface area contributed by atoms with Crippen LogP contribution in [0.15, 0.2) is 16.6 Å². The van der Waals surface area contributed by atoms with Crippen molar-refractivity contribution in [2.45, 2.75) is 17.7 Å². The molecule has 0 saturated carbocycles. The van der Waals surface area contributed by atoms with Crippen molar-refractivity contribution in [3.05, 3.63) is 22.6 Å². The van der Waals surface area contributed by atoms with Crippen LogP contribution in [0.3, 0.4) is 0 Å². The number of halogens is 1. The molecule has 0 fully saturated rings. The Bertz CT molecular complexity index is 751. The molecule has 2 heterocycles. The van der Waals surface area contributed by atoms with Crippen LogP contribution in [0.2, 0.25) is 4.47 Å². The molecule has 0 saturated heterocycles. The molecule has 0 aliphatic rings. The van der Waals surface area contributed by atoms with E-state index in [2.05, 4.69) is 14.8 Å². The van der Waals surface area contributed by atoms with E-state index in [-0.39, 0.29) is 20.9 Å². The summed E-state index contributed by atoms with van der Waals surface area (Å²) in [5, 5.41) is 3.81. The fourth-order valence-electron chi connectivity index (χ4n) is 1.46. The Labute approximate surface area is 123 Å². The average molecular weight is 336 g/mol. The average Bonchev–Trinajstić information content (AvgIpc) is 2.84. The number of amides is 1. The maximum absolute atomic E-state index is 12.1. The lowest BCUT2D eigenvalue weighted by Crippen LogP contribution is -2.18. The highest BCUT2D eigenvalue weighted by Crippen LogP contribution is 2.28. The minimum atomic E-state index is -3.79. The number of carbonyl (C=O) groups excluding carboxylic acids is 1. The lowest BCUT2D eigenvalue weighted by atomic mass is 10.6. The van der Waals surface area contributed by atoms with Gasteiger partial charge in [-0.2, -0.15) is 5.10 Å². The summed E-state index contributed by atoms with van der Waals surface area (Å²) in [6, 6.07) is 0. The quantitative estimate of drug-likeness (QED) is 0.828. The molecule has 0 aromatic carbocycles. The van der Waals surface area contributed by atoms with E-state index < -0.39 is 15.9 Å². The molecule has 108 valence electrons. The van der Waals surface area contributed by atoms with Crippen LogP contribution in [0.1, 0.15) is 5.69 Å². The maximum atomic E-state index is 12.1. The topological polar surface area (TPSA) is 120 Å². The van der Waals surface area contributed by atoms with Crippen molar-refractivity contribution in [1.29, 1.82) is 0 Å². The minimum Gasteiger partial charge on any atom is -0.368 e. The second-order valence-electron chi connectivity index (χ2n) is 3.84. The number of anilines is 1. The summed E-state index contributed by atoms with van der Waals surface area (Å²) < 4.78 is 28.0. The number of hydrogen-bond donors (Lipinski definition) is 2. The van der Waals surface area contributed by atoms with Crippen LogP contribution in [0.4, 0.5) is 5.69 Å². The van der Waals surface area contributed by atoms with E-state index in [0.29, 0.717) is 5.69 Å². The van der Waals surface area contributed by atoms with Gasteiger partial charge in [-0.3, -0.25) is 14.2 Å². The Morgan fingerprint density at radius 2 is 2.30 bits per heavy atom. The summed E-state index contributed by atoms with van der Waals surface area (Å²) in [5.74, 6) is -0.576. The van der Waals surface area contributed by atoms with Gasteiger partial charge in [-0.15, -0.1) is 0 Å². The van der Waals surface area contributed by atoms with E-state index in [9.17, 15) is 13.2 Å². The fourth-order valence-corrected chi connectivity index (χ4v) is 4.23. The fraction of sp³-hybridized carbons (Fsp3) is 0.222. The molecule has 8 nitrogen and oxygen atoms in total. The Hall–Kier alpha value is -1.65. The molecule has 0 unspecified atom stereocenters. The SMILES string of the molecule is Cc1nc(Cl)sc1S(=O)(=O)Nc1cnn(CC(N)=O)c1. The number of aromatic nitrogens is 3. The summed E-state index contributed by atoms with van der Waals surface area (Å²) in [5.41, 5.74) is 5.55. The first kappa shape index (κ1) is 14.8. The molecular formula is C9H10ClN5O3S2. The van der Waals surface area contributed by atoms with Crippen molar-refractivity contribution < 1.29 is 13.2 Å². The van der Waals surface area contributed by atoms with Crippen molar-refractivity contribution in [1.82, 2.24) is 14.8 Å². The van der Waals surface area contributed by atoms with Crippen LogP contribution in [0.25, 0.3) is 0 Å². The van der Waals surface area contributed by atoms with Crippen molar-refractivity contribution in [2.75, 3.05) is 4.72 Å². The summed E-state index contributed by atoms with van der Waals surface area (Å²) in [6.07, 6.45) is 2.64. The Balaban J connectivity index is 2.22. The lowest BCUT2D eigenvalue weighted by Gasteiger charge is -2.03. The van der Waals surface area contributed by atoms with E-state index >= 15 is 0 Å². The third-order valence-corrected chi connectivity index (χ3v) is 5.43. The highest BCUT2D eigenvalue weighted by atomic mass is 35.5. The smallest absolute Gasteiger partial charge is 0.273 e. The number of nitrogens with zero attached hydrogens (tertiary/aromatic N) is 3. The van der Waals surface area contributed by atoms with Gasteiger partial charge in [-0.1, -0.05) is 22.9 Å². The molecule has 0 atom stereocenters. The van der Waals surface area contributed by atoms with E-state index in [0.717, 1.165) is 11.3 Å². The van der Waals surface area contributed by atoms with Crippen LogP contribution in [-0.2, 0) is 21.4 Å². The number of nitrogens with two attached hydrogens (primary N) is 1. The number of sulfonamides is 1. The minimum absolute atomic E-state index is 0.0325. The van der Waals surface area contributed by atoms with Gasteiger partial charge in [0.2, 0.25) is 5.91 Å². The first-order valence-electron chi connectivity index (χ1n) is 5.24. The Morgan fingerprint density at radius 1 is 1.60 bits per heavy atom. The molecule has 0 bridgehead atoms. The summed E-state index contributed by atoms with van der Waals surface area (Å²) in [7, 11) is -3.79. The standard InChI is InChI=1S/C9H10ClN5O3S2/c1-5-8(19-9(10)13-5)20(17,18)14-6-2-12-15(3-6)4-7(11)16/h2-3,14H,4H2,1H3,(H2,11,16). The van der Waals surface area contributed by atoms with Gasteiger partial charge < -0.3 is 5.73 Å². The lowest BCUT2D eigenvalue weighted by molar-refractivity contribution is -0.118. The van der Waals surface area contributed by atoms with Crippen molar-refractivity contribution in [3.8, 4) is 0 Å². The van der Waals surface area contributed by atoms with Crippen LogP contribution in [-0.4, -0.2) is 29.1 Å². The third-order valence-electron chi connectivity index (χ3n) is 2.18. The molecule has 11 heteroatoms. The zero-order valence-corrected chi connectivity index (χ0v) is 12.6. The highest BCUT2D eigenvalue weighted by molar-refractivity contribution is 7.94. The third kappa shape index (κ3) is 3.26. The number of primary amides is 1. The number of rotatable bonds is 5. The molecule has 0 spiro atoms. The Kier molecular flexibility index (Phi) is 3.97. The molecule has 3 N–H and O–H groups in total. The van der Waals surface area contributed by atoms with Crippen LogP contribution in [0, 0.1) is 6.92 Å². The molecule has 2 aromatic heterocycles. The largest absolute Gasteiger partial charge is 0.368 e. The van der Waals surface area contributed by atoms with Crippen molar-refractivity contribution in [2.24, 2.45) is 5.73 Å². The van der Waals surface area contributed by atoms with Gasteiger partial charge in [0.05, 0.1) is 17.6 Å². The normalized spacial score (nSPS) is 11.5. The van der Waals surface area contributed by atoms with E-state index in [1.54, 1.807) is 6.92 Å². The second-order valence-corrected chi connectivity index (χ2v) is 7.30. The molecule has 0 aliphatic heterocycles. The van der Waals surface area contributed by atoms with Gasteiger partial charge in [-0.25, -0.2) is 13.4 Å². The van der Waals surface area contributed by atoms with E-state index in [1.807, 2.05) is 0 Å². The molecule has 2 aromatic rings. The molecule has 0 aliphatic carbocycles. The van der Waals surface area contributed by atoms with Gasteiger partial charge in [0.15, 0.2) is 8.68 Å². The number of carbonyl (C=O) groups is 1.